The molecule has 0 spiro atoms. The number of methoxy groups -OCH3 is 1. The van der Waals surface area contributed by atoms with Gasteiger partial charge in [0.1, 0.15) is 17.6 Å². The number of aliphatic hydroxyl groups excluding tert-OH is 1. The van der Waals surface area contributed by atoms with Crippen LogP contribution in [0.5, 0.6) is 5.75 Å². The molecule has 1 fully saturated rings. The summed E-state index contributed by atoms with van der Waals surface area (Å²) in [6.45, 7) is 4.08. The molecular formula is C17H25FN2O5. The molecule has 2 N–H and O–H groups in total. The maximum atomic E-state index is 13.6. The van der Waals surface area contributed by atoms with E-state index in [0.717, 1.165) is 6.54 Å². The molecule has 1 unspecified atom stereocenters. The van der Waals surface area contributed by atoms with Crippen LogP contribution in [-0.2, 0) is 9.53 Å². The maximum Gasteiger partial charge on any atom is 0.325 e. The SMILES string of the molecule is COc1ccc(F)cc1C(C(=O)O)N1CCN(CCOCCO)CC1. The Labute approximate surface area is 146 Å². The average Bonchev–Trinajstić information content (AvgIpc) is 2.60. The highest BCUT2D eigenvalue weighted by Gasteiger charge is 2.32. The van der Waals surface area contributed by atoms with Crippen molar-refractivity contribution in [1.82, 2.24) is 9.80 Å². The first kappa shape index (κ1) is 19.6. The fourth-order valence-corrected chi connectivity index (χ4v) is 3.01. The van der Waals surface area contributed by atoms with E-state index in [1.807, 2.05) is 4.90 Å². The number of carboxylic acids is 1. The van der Waals surface area contributed by atoms with Crippen LogP contribution >= 0.6 is 0 Å². The van der Waals surface area contributed by atoms with E-state index >= 15 is 0 Å². The molecule has 0 radical (unpaired) electrons. The Morgan fingerprint density at radius 3 is 2.60 bits per heavy atom. The highest BCUT2D eigenvalue weighted by Crippen LogP contribution is 2.31. The molecule has 0 saturated carbocycles. The molecule has 1 aliphatic rings. The smallest absolute Gasteiger partial charge is 0.325 e. The zero-order chi connectivity index (χ0) is 18.2. The number of hydrogen-bond donors (Lipinski definition) is 2. The first-order valence-corrected chi connectivity index (χ1v) is 8.28. The first-order valence-electron chi connectivity index (χ1n) is 8.28. The van der Waals surface area contributed by atoms with Crippen molar-refractivity contribution in [2.24, 2.45) is 0 Å². The summed E-state index contributed by atoms with van der Waals surface area (Å²) in [5.74, 6) is -1.14. The number of aliphatic hydroxyl groups is 1. The number of carbonyl (C=O) groups is 1. The van der Waals surface area contributed by atoms with E-state index in [-0.39, 0.29) is 6.61 Å². The van der Waals surface area contributed by atoms with E-state index in [2.05, 4.69) is 4.90 Å². The molecule has 140 valence electrons. The number of ether oxygens (including phenoxy) is 2. The minimum absolute atomic E-state index is 0.00351. The van der Waals surface area contributed by atoms with Gasteiger partial charge >= 0.3 is 5.97 Å². The van der Waals surface area contributed by atoms with E-state index in [4.69, 9.17) is 14.6 Å². The van der Waals surface area contributed by atoms with Crippen molar-refractivity contribution >= 4 is 5.97 Å². The van der Waals surface area contributed by atoms with Crippen molar-refractivity contribution in [3.05, 3.63) is 29.6 Å². The largest absolute Gasteiger partial charge is 0.496 e. The molecule has 0 aromatic heterocycles. The minimum atomic E-state index is -1.02. The fraction of sp³-hybridized carbons (Fsp3) is 0.588. The number of nitrogens with zero attached hydrogens (tertiary/aromatic N) is 2. The van der Waals surface area contributed by atoms with Crippen LogP contribution in [-0.4, -0.2) is 85.6 Å². The third-order valence-electron chi connectivity index (χ3n) is 4.28. The van der Waals surface area contributed by atoms with E-state index in [1.54, 1.807) is 0 Å². The molecule has 1 atom stereocenters. The number of hydrogen-bond acceptors (Lipinski definition) is 6. The summed E-state index contributed by atoms with van der Waals surface area (Å²) < 4.78 is 24.1. The van der Waals surface area contributed by atoms with Gasteiger partial charge < -0.3 is 19.7 Å². The monoisotopic (exact) mass is 356 g/mol. The lowest BCUT2D eigenvalue weighted by molar-refractivity contribution is -0.144. The highest BCUT2D eigenvalue weighted by atomic mass is 19.1. The van der Waals surface area contributed by atoms with Gasteiger partial charge in [-0.15, -0.1) is 0 Å². The second-order valence-corrected chi connectivity index (χ2v) is 5.84. The number of benzene rings is 1. The Morgan fingerprint density at radius 1 is 1.28 bits per heavy atom. The highest BCUT2D eigenvalue weighted by molar-refractivity contribution is 5.76. The molecular weight excluding hydrogens is 331 g/mol. The summed E-state index contributed by atoms with van der Waals surface area (Å²) in [4.78, 5) is 15.8. The van der Waals surface area contributed by atoms with Gasteiger partial charge in [-0.3, -0.25) is 14.6 Å². The molecule has 1 aliphatic heterocycles. The van der Waals surface area contributed by atoms with E-state index < -0.39 is 17.8 Å². The molecule has 0 aliphatic carbocycles. The Kier molecular flexibility index (Phi) is 7.57. The number of aliphatic carboxylic acids is 1. The lowest BCUT2D eigenvalue weighted by Crippen LogP contribution is -2.50. The van der Waals surface area contributed by atoms with Crippen LogP contribution in [0.25, 0.3) is 0 Å². The summed E-state index contributed by atoms with van der Waals surface area (Å²) in [6, 6.07) is 2.99. The predicted molar refractivity (Wildman–Crippen MR) is 89.2 cm³/mol. The van der Waals surface area contributed by atoms with Gasteiger partial charge in [0.2, 0.25) is 0 Å². The van der Waals surface area contributed by atoms with Crippen molar-refractivity contribution in [3.63, 3.8) is 0 Å². The van der Waals surface area contributed by atoms with Crippen molar-refractivity contribution in [3.8, 4) is 5.75 Å². The van der Waals surface area contributed by atoms with Crippen LogP contribution in [0.2, 0.25) is 0 Å². The summed E-state index contributed by atoms with van der Waals surface area (Å²) in [5, 5.41) is 18.4. The number of halogens is 1. The number of rotatable bonds is 9. The van der Waals surface area contributed by atoms with E-state index in [9.17, 15) is 14.3 Å². The molecule has 25 heavy (non-hydrogen) atoms. The van der Waals surface area contributed by atoms with E-state index in [0.29, 0.717) is 50.7 Å². The van der Waals surface area contributed by atoms with Crippen LogP contribution in [0, 0.1) is 5.82 Å². The molecule has 7 nitrogen and oxygen atoms in total. The number of piperazine rings is 1. The normalized spacial score (nSPS) is 17.4. The lowest BCUT2D eigenvalue weighted by Gasteiger charge is -2.38. The molecule has 2 rings (SSSR count). The summed E-state index contributed by atoms with van der Waals surface area (Å²) in [6.07, 6.45) is 0. The maximum absolute atomic E-state index is 13.6. The minimum Gasteiger partial charge on any atom is -0.496 e. The van der Waals surface area contributed by atoms with Gasteiger partial charge in [0.25, 0.3) is 0 Å². The Hall–Kier alpha value is -1.74. The summed E-state index contributed by atoms with van der Waals surface area (Å²) in [5.41, 5.74) is 0.328. The Morgan fingerprint density at radius 2 is 2.00 bits per heavy atom. The van der Waals surface area contributed by atoms with Crippen LogP contribution in [0.15, 0.2) is 18.2 Å². The Bertz CT molecular complexity index is 564. The van der Waals surface area contributed by atoms with Crippen LogP contribution in [0.4, 0.5) is 4.39 Å². The van der Waals surface area contributed by atoms with Crippen molar-refractivity contribution in [2.45, 2.75) is 6.04 Å². The standard InChI is InChI=1S/C17H25FN2O5/c1-24-15-3-2-13(18)12-14(15)16(17(22)23)20-6-4-19(5-7-20)8-10-25-11-9-21/h2-3,12,16,21H,4-11H2,1H3,(H,22,23). The van der Waals surface area contributed by atoms with Crippen LogP contribution in [0.3, 0.4) is 0 Å². The third-order valence-corrected chi connectivity index (χ3v) is 4.28. The molecule has 8 heteroatoms. The first-order chi connectivity index (χ1) is 12.1. The van der Waals surface area contributed by atoms with Gasteiger partial charge in [-0.25, -0.2) is 4.39 Å². The third kappa shape index (κ3) is 5.37. The average molecular weight is 356 g/mol. The van der Waals surface area contributed by atoms with Crippen LogP contribution in [0.1, 0.15) is 11.6 Å². The Balaban J connectivity index is 2.01. The van der Waals surface area contributed by atoms with Gasteiger partial charge in [-0.05, 0) is 18.2 Å². The van der Waals surface area contributed by atoms with Crippen LogP contribution < -0.4 is 4.74 Å². The second kappa shape index (κ2) is 9.67. The molecule has 1 aromatic carbocycles. The molecule has 1 heterocycles. The second-order valence-electron chi connectivity index (χ2n) is 5.84. The zero-order valence-corrected chi connectivity index (χ0v) is 14.4. The van der Waals surface area contributed by atoms with E-state index in [1.165, 1.54) is 25.3 Å². The van der Waals surface area contributed by atoms with Crippen molar-refractivity contribution in [2.75, 3.05) is 59.7 Å². The van der Waals surface area contributed by atoms with Gasteiger partial charge in [0.05, 0.1) is 26.9 Å². The van der Waals surface area contributed by atoms with Crippen molar-refractivity contribution < 1.29 is 28.9 Å². The quantitative estimate of drug-likeness (QED) is 0.627. The van der Waals surface area contributed by atoms with Crippen molar-refractivity contribution in [1.29, 1.82) is 0 Å². The number of carboxylic acid groups (broad SMARTS) is 1. The van der Waals surface area contributed by atoms with Gasteiger partial charge in [-0.2, -0.15) is 0 Å². The molecule has 1 saturated heterocycles. The van der Waals surface area contributed by atoms with Gasteiger partial charge in [0, 0.05) is 38.3 Å². The molecule has 0 bridgehead atoms. The topological polar surface area (TPSA) is 82.5 Å². The molecule has 1 aromatic rings. The predicted octanol–water partition coefficient (Wildman–Crippen LogP) is 0.587. The fourth-order valence-electron chi connectivity index (χ4n) is 3.01. The van der Waals surface area contributed by atoms with Gasteiger partial charge in [-0.1, -0.05) is 0 Å². The molecule has 0 amide bonds. The lowest BCUT2D eigenvalue weighted by atomic mass is 10.0. The zero-order valence-electron chi connectivity index (χ0n) is 14.4. The summed E-state index contributed by atoms with van der Waals surface area (Å²) >= 11 is 0. The summed E-state index contributed by atoms with van der Waals surface area (Å²) in [7, 11) is 1.44. The van der Waals surface area contributed by atoms with Gasteiger partial charge in [0.15, 0.2) is 0 Å².